The quantitative estimate of drug-likeness (QED) is 0.750. The molecule has 0 heterocycles. The van der Waals surface area contributed by atoms with Crippen molar-refractivity contribution in [2.75, 3.05) is 20.8 Å². The molecule has 1 rings (SSSR count). The Hall–Kier alpha value is -0.900. The molecule has 0 radical (unpaired) electrons. The fraction of sp³-hybridized carbons (Fsp3) is 0.538. The minimum atomic E-state index is -0.187. The molecule has 3 nitrogen and oxygen atoms in total. The van der Waals surface area contributed by atoms with E-state index in [9.17, 15) is 0 Å². The van der Waals surface area contributed by atoms with Crippen LogP contribution in [-0.4, -0.2) is 27.1 Å². The number of aryl methyl sites for hydroxylation is 1. The van der Waals surface area contributed by atoms with Gasteiger partial charge in [-0.2, -0.15) is 0 Å². The summed E-state index contributed by atoms with van der Waals surface area (Å²) in [4.78, 5) is 0. The van der Waals surface area contributed by atoms with Gasteiger partial charge in [0.05, 0.1) is 0 Å². The lowest BCUT2D eigenvalue weighted by Gasteiger charge is -2.19. The molecule has 16 heavy (non-hydrogen) atoms. The molecule has 0 unspecified atom stereocenters. The highest BCUT2D eigenvalue weighted by atomic mass is 16.7. The van der Waals surface area contributed by atoms with Gasteiger partial charge in [-0.25, -0.2) is 0 Å². The molecule has 1 aromatic carbocycles. The van der Waals surface area contributed by atoms with Crippen LogP contribution in [0.15, 0.2) is 24.3 Å². The minimum Gasteiger partial charge on any atom is -0.355 e. The number of hydrogen-bond donors (Lipinski definition) is 1. The monoisotopic (exact) mass is 223 g/mol. The molecule has 0 amide bonds. The SMILES string of the molecule is COC(CN[C@H](C)c1ccc(C)cc1)OC. The Balaban J connectivity index is 2.46. The summed E-state index contributed by atoms with van der Waals surface area (Å²) in [6, 6.07) is 8.83. The van der Waals surface area contributed by atoms with E-state index < -0.39 is 0 Å². The molecule has 1 N–H and O–H groups in total. The molecular weight excluding hydrogens is 202 g/mol. The first-order valence-electron chi connectivity index (χ1n) is 5.53. The van der Waals surface area contributed by atoms with Crippen molar-refractivity contribution in [2.24, 2.45) is 0 Å². The zero-order valence-corrected chi connectivity index (χ0v) is 10.5. The van der Waals surface area contributed by atoms with Crippen molar-refractivity contribution in [2.45, 2.75) is 26.2 Å². The van der Waals surface area contributed by atoms with Gasteiger partial charge in [0.1, 0.15) is 0 Å². The number of rotatable bonds is 6. The van der Waals surface area contributed by atoms with E-state index in [0.29, 0.717) is 12.6 Å². The maximum atomic E-state index is 5.12. The van der Waals surface area contributed by atoms with Crippen molar-refractivity contribution in [3.8, 4) is 0 Å². The summed E-state index contributed by atoms with van der Waals surface area (Å²) in [5, 5.41) is 3.37. The topological polar surface area (TPSA) is 30.5 Å². The van der Waals surface area contributed by atoms with Crippen LogP contribution in [0.2, 0.25) is 0 Å². The second kappa shape index (κ2) is 6.63. The van der Waals surface area contributed by atoms with E-state index >= 15 is 0 Å². The van der Waals surface area contributed by atoms with E-state index in [1.807, 2.05) is 0 Å². The lowest BCUT2D eigenvalue weighted by molar-refractivity contribution is -0.0997. The highest BCUT2D eigenvalue weighted by Crippen LogP contribution is 2.12. The Morgan fingerprint density at radius 1 is 1.12 bits per heavy atom. The summed E-state index contributed by atoms with van der Waals surface area (Å²) >= 11 is 0. The maximum absolute atomic E-state index is 5.12. The summed E-state index contributed by atoms with van der Waals surface area (Å²) in [7, 11) is 3.29. The Bertz CT molecular complexity index is 293. The molecule has 0 saturated carbocycles. The fourth-order valence-corrected chi connectivity index (χ4v) is 1.51. The number of benzene rings is 1. The van der Waals surface area contributed by atoms with Gasteiger partial charge in [0.2, 0.25) is 0 Å². The molecule has 0 saturated heterocycles. The third kappa shape index (κ3) is 3.93. The zero-order valence-electron chi connectivity index (χ0n) is 10.5. The third-order valence-corrected chi connectivity index (χ3v) is 2.69. The number of methoxy groups -OCH3 is 2. The van der Waals surface area contributed by atoms with Crippen LogP contribution in [-0.2, 0) is 9.47 Å². The van der Waals surface area contributed by atoms with Crippen LogP contribution < -0.4 is 5.32 Å². The summed E-state index contributed by atoms with van der Waals surface area (Å²) in [6.45, 7) is 4.91. The normalized spacial score (nSPS) is 13.1. The van der Waals surface area contributed by atoms with E-state index in [1.165, 1.54) is 11.1 Å². The minimum absolute atomic E-state index is 0.187. The summed E-state index contributed by atoms with van der Waals surface area (Å²) in [5.41, 5.74) is 2.55. The van der Waals surface area contributed by atoms with Crippen LogP contribution >= 0.6 is 0 Å². The van der Waals surface area contributed by atoms with Gasteiger partial charge in [0.15, 0.2) is 6.29 Å². The average Bonchev–Trinajstić information content (AvgIpc) is 2.31. The molecule has 1 atom stereocenters. The van der Waals surface area contributed by atoms with Crippen molar-refractivity contribution < 1.29 is 9.47 Å². The van der Waals surface area contributed by atoms with Crippen LogP contribution in [0.1, 0.15) is 24.1 Å². The van der Waals surface area contributed by atoms with Crippen LogP contribution in [0.4, 0.5) is 0 Å². The molecule has 0 aromatic heterocycles. The zero-order chi connectivity index (χ0) is 12.0. The summed E-state index contributed by atoms with van der Waals surface area (Å²) in [6.07, 6.45) is -0.187. The third-order valence-electron chi connectivity index (χ3n) is 2.69. The van der Waals surface area contributed by atoms with Gasteiger partial charge >= 0.3 is 0 Å². The molecule has 0 spiro atoms. The molecule has 0 aliphatic carbocycles. The molecular formula is C13H21NO2. The van der Waals surface area contributed by atoms with Gasteiger partial charge < -0.3 is 14.8 Å². The largest absolute Gasteiger partial charge is 0.355 e. The van der Waals surface area contributed by atoms with Crippen LogP contribution in [0.5, 0.6) is 0 Å². The van der Waals surface area contributed by atoms with Gasteiger partial charge in [0.25, 0.3) is 0 Å². The van der Waals surface area contributed by atoms with Crippen molar-refractivity contribution in [3.63, 3.8) is 0 Å². The molecule has 0 aliphatic rings. The lowest BCUT2D eigenvalue weighted by Crippen LogP contribution is -2.31. The molecule has 90 valence electrons. The first kappa shape index (κ1) is 13.2. The smallest absolute Gasteiger partial charge is 0.169 e. The van der Waals surface area contributed by atoms with Gasteiger partial charge in [-0.15, -0.1) is 0 Å². The molecule has 0 aliphatic heterocycles. The average molecular weight is 223 g/mol. The van der Waals surface area contributed by atoms with Crippen molar-refractivity contribution in [3.05, 3.63) is 35.4 Å². The van der Waals surface area contributed by atoms with E-state index in [4.69, 9.17) is 9.47 Å². The second-order valence-corrected chi connectivity index (χ2v) is 3.94. The van der Waals surface area contributed by atoms with E-state index in [-0.39, 0.29) is 6.29 Å². The first-order chi connectivity index (χ1) is 7.67. The van der Waals surface area contributed by atoms with E-state index in [0.717, 1.165) is 0 Å². The highest BCUT2D eigenvalue weighted by molar-refractivity contribution is 5.23. The Labute approximate surface area is 97.8 Å². The van der Waals surface area contributed by atoms with Gasteiger partial charge in [-0.05, 0) is 19.4 Å². The molecule has 1 aromatic rings. The number of ether oxygens (including phenoxy) is 2. The lowest BCUT2D eigenvalue weighted by atomic mass is 10.1. The van der Waals surface area contributed by atoms with E-state index in [2.05, 4.69) is 43.4 Å². The van der Waals surface area contributed by atoms with E-state index in [1.54, 1.807) is 14.2 Å². The van der Waals surface area contributed by atoms with Crippen LogP contribution in [0, 0.1) is 6.92 Å². The molecule has 0 bridgehead atoms. The Morgan fingerprint density at radius 3 is 2.19 bits per heavy atom. The van der Waals surface area contributed by atoms with Crippen molar-refractivity contribution in [1.82, 2.24) is 5.32 Å². The Kier molecular flexibility index (Phi) is 5.46. The highest BCUT2D eigenvalue weighted by Gasteiger charge is 2.08. The predicted molar refractivity (Wildman–Crippen MR) is 65.4 cm³/mol. The predicted octanol–water partition coefficient (Wildman–Crippen LogP) is 2.26. The second-order valence-electron chi connectivity index (χ2n) is 3.94. The van der Waals surface area contributed by atoms with Crippen LogP contribution in [0.3, 0.4) is 0 Å². The van der Waals surface area contributed by atoms with Crippen molar-refractivity contribution in [1.29, 1.82) is 0 Å². The summed E-state index contributed by atoms with van der Waals surface area (Å²) < 4.78 is 10.2. The molecule has 0 fully saturated rings. The van der Waals surface area contributed by atoms with Crippen molar-refractivity contribution >= 4 is 0 Å². The first-order valence-corrected chi connectivity index (χ1v) is 5.53. The number of nitrogens with one attached hydrogen (secondary N) is 1. The van der Waals surface area contributed by atoms with Crippen LogP contribution in [0.25, 0.3) is 0 Å². The Morgan fingerprint density at radius 2 is 1.69 bits per heavy atom. The maximum Gasteiger partial charge on any atom is 0.169 e. The number of hydrogen-bond acceptors (Lipinski definition) is 3. The fourth-order valence-electron chi connectivity index (χ4n) is 1.51. The molecule has 3 heteroatoms. The standard InChI is InChI=1S/C13H21NO2/c1-10-5-7-12(8-6-10)11(2)14-9-13(15-3)16-4/h5-8,11,13-14H,9H2,1-4H3/t11-/m1/s1. The van der Waals surface area contributed by atoms with Gasteiger partial charge in [-0.3, -0.25) is 0 Å². The summed E-state index contributed by atoms with van der Waals surface area (Å²) in [5.74, 6) is 0. The van der Waals surface area contributed by atoms with Gasteiger partial charge in [0, 0.05) is 26.8 Å². The van der Waals surface area contributed by atoms with Gasteiger partial charge in [-0.1, -0.05) is 29.8 Å².